The minimum Gasteiger partial charge on any atom is -0.330 e. The molecule has 1 amide bonds. The van der Waals surface area contributed by atoms with Gasteiger partial charge in [0, 0.05) is 17.3 Å². The minimum atomic E-state index is -0.300. The van der Waals surface area contributed by atoms with Crippen molar-refractivity contribution in [1.82, 2.24) is 4.98 Å². The summed E-state index contributed by atoms with van der Waals surface area (Å²) in [6.45, 7) is 0.431. The third-order valence-electron chi connectivity index (χ3n) is 4.01. The van der Waals surface area contributed by atoms with Crippen molar-refractivity contribution in [3.63, 3.8) is 0 Å². The Bertz CT molecular complexity index is 903. The van der Waals surface area contributed by atoms with E-state index in [0.717, 1.165) is 10.9 Å². The van der Waals surface area contributed by atoms with E-state index in [0.29, 0.717) is 24.0 Å². The van der Waals surface area contributed by atoms with Gasteiger partial charge in [-0.3, -0.25) is 9.59 Å². The molecule has 122 valence electrons. The fraction of sp³-hybridized carbons (Fsp3) is 0.158. The van der Waals surface area contributed by atoms with Crippen molar-refractivity contribution < 1.29 is 4.79 Å². The van der Waals surface area contributed by atoms with Gasteiger partial charge in [-0.1, -0.05) is 30.3 Å². The van der Waals surface area contributed by atoms with Crippen LogP contribution in [0.3, 0.4) is 0 Å². The molecule has 4 N–H and O–H groups in total. The van der Waals surface area contributed by atoms with Crippen molar-refractivity contribution in [3.8, 4) is 0 Å². The van der Waals surface area contributed by atoms with Gasteiger partial charge in [-0.05, 0) is 48.2 Å². The van der Waals surface area contributed by atoms with E-state index in [-0.39, 0.29) is 17.4 Å². The zero-order valence-electron chi connectivity index (χ0n) is 13.2. The lowest BCUT2D eigenvalue weighted by Crippen LogP contribution is -2.23. The number of fused-ring (bicyclic) bond motifs is 1. The SMILES string of the molecule is NCC[C@H](C(=O)Nc1ccc2c(=O)[nH]ccc2c1)c1ccccc1. The molecule has 1 aromatic heterocycles. The molecule has 0 spiro atoms. The molecule has 0 aliphatic rings. The lowest BCUT2D eigenvalue weighted by molar-refractivity contribution is -0.117. The summed E-state index contributed by atoms with van der Waals surface area (Å²) in [7, 11) is 0. The first kappa shape index (κ1) is 16.0. The van der Waals surface area contributed by atoms with Crippen LogP contribution in [-0.4, -0.2) is 17.4 Å². The molecule has 0 fully saturated rings. The maximum absolute atomic E-state index is 12.7. The standard InChI is InChI=1S/C19H19N3O2/c20-10-8-17(13-4-2-1-3-5-13)19(24)22-15-6-7-16-14(12-15)9-11-21-18(16)23/h1-7,9,11-12,17H,8,10,20H2,(H,21,23)(H,22,24)/t17-/m0/s1. The molecule has 0 saturated heterocycles. The number of carbonyl (C=O) groups excluding carboxylic acids is 1. The molecule has 3 aromatic rings. The van der Waals surface area contributed by atoms with Gasteiger partial charge < -0.3 is 16.0 Å². The predicted molar refractivity (Wildman–Crippen MR) is 96.1 cm³/mol. The Morgan fingerprint density at radius 2 is 1.92 bits per heavy atom. The summed E-state index contributed by atoms with van der Waals surface area (Å²) in [6, 6.07) is 16.7. The molecular formula is C19H19N3O2. The monoisotopic (exact) mass is 321 g/mol. The number of pyridine rings is 1. The van der Waals surface area contributed by atoms with Gasteiger partial charge in [-0.2, -0.15) is 0 Å². The molecule has 0 unspecified atom stereocenters. The maximum Gasteiger partial charge on any atom is 0.255 e. The highest BCUT2D eigenvalue weighted by atomic mass is 16.2. The highest BCUT2D eigenvalue weighted by Crippen LogP contribution is 2.22. The highest BCUT2D eigenvalue weighted by Gasteiger charge is 2.19. The number of aromatic nitrogens is 1. The van der Waals surface area contributed by atoms with Crippen molar-refractivity contribution in [2.75, 3.05) is 11.9 Å². The lowest BCUT2D eigenvalue weighted by Gasteiger charge is -2.16. The molecule has 24 heavy (non-hydrogen) atoms. The van der Waals surface area contributed by atoms with E-state index in [1.165, 1.54) is 0 Å². The summed E-state index contributed by atoms with van der Waals surface area (Å²) < 4.78 is 0. The molecule has 1 atom stereocenters. The number of amides is 1. The number of hydrogen-bond donors (Lipinski definition) is 3. The Kier molecular flexibility index (Phi) is 4.72. The summed E-state index contributed by atoms with van der Waals surface area (Å²) >= 11 is 0. The number of carbonyl (C=O) groups is 1. The van der Waals surface area contributed by atoms with Gasteiger partial charge in [0.1, 0.15) is 0 Å². The molecule has 5 nitrogen and oxygen atoms in total. The molecular weight excluding hydrogens is 302 g/mol. The van der Waals surface area contributed by atoms with Gasteiger partial charge in [0.15, 0.2) is 0 Å². The van der Waals surface area contributed by atoms with Crippen LogP contribution in [0.4, 0.5) is 5.69 Å². The Morgan fingerprint density at radius 1 is 1.12 bits per heavy atom. The van der Waals surface area contributed by atoms with Crippen LogP contribution in [0, 0.1) is 0 Å². The van der Waals surface area contributed by atoms with E-state index >= 15 is 0 Å². The van der Waals surface area contributed by atoms with Gasteiger partial charge in [0.25, 0.3) is 5.56 Å². The number of benzene rings is 2. The molecule has 0 bridgehead atoms. The third-order valence-corrected chi connectivity index (χ3v) is 4.01. The van der Waals surface area contributed by atoms with Crippen LogP contribution in [0.2, 0.25) is 0 Å². The zero-order valence-corrected chi connectivity index (χ0v) is 13.2. The van der Waals surface area contributed by atoms with E-state index in [2.05, 4.69) is 10.3 Å². The molecule has 2 aromatic carbocycles. The molecule has 0 saturated carbocycles. The molecule has 1 heterocycles. The number of hydrogen-bond acceptors (Lipinski definition) is 3. The van der Waals surface area contributed by atoms with Crippen molar-refractivity contribution in [3.05, 3.63) is 76.7 Å². The number of aromatic amines is 1. The Balaban J connectivity index is 1.86. The second kappa shape index (κ2) is 7.10. The predicted octanol–water partition coefficient (Wildman–Crippen LogP) is 2.60. The van der Waals surface area contributed by atoms with Crippen molar-refractivity contribution in [2.45, 2.75) is 12.3 Å². The number of H-pyrrole nitrogens is 1. The topological polar surface area (TPSA) is 88.0 Å². The summed E-state index contributed by atoms with van der Waals surface area (Å²) in [5.74, 6) is -0.401. The van der Waals surface area contributed by atoms with Crippen LogP contribution in [0.5, 0.6) is 0 Å². The summed E-state index contributed by atoms with van der Waals surface area (Å²) in [5.41, 5.74) is 7.13. The normalized spacial score (nSPS) is 12.0. The first-order valence-electron chi connectivity index (χ1n) is 7.86. The van der Waals surface area contributed by atoms with Crippen LogP contribution in [0.15, 0.2) is 65.6 Å². The summed E-state index contributed by atoms with van der Waals surface area (Å²) in [4.78, 5) is 27.0. The third kappa shape index (κ3) is 3.36. The van der Waals surface area contributed by atoms with E-state index in [1.54, 1.807) is 30.5 Å². The molecule has 3 rings (SSSR count). The fourth-order valence-electron chi connectivity index (χ4n) is 2.80. The van der Waals surface area contributed by atoms with Crippen LogP contribution in [0.1, 0.15) is 17.9 Å². The Morgan fingerprint density at radius 3 is 2.67 bits per heavy atom. The Hall–Kier alpha value is -2.92. The minimum absolute atomic E-state index is 0.101. The molecule has 0 radical (unpaired) electrons. The smallest absolute Gasteiger partial charge is 0.255 e. The van der Waals surface area contributed by atoms with E-state index in [1.807, 2.05) is 30.3 Å². The Labute approximate surface area is 139 Å². The second-order valence-corrected chi connectivity index (χ2v) is 5.64. The van der Waals surface area contributed by atoms with Gasteiger partial charge in [-0.15, -0.1) is 0 Å². The van der Waals surface area contributed by atoms with Gasteiger partial charge >= 0.3 is 0 Å². The molecule has 5 heteroatoms. The average Bonchev–Trinajstić information content (AvgIpc) is 2.60. The average molecular weight is 321 g/mol. The summed E-state index contributed by atoms with van der Waals surface area (Å²) in [5, 5.41) is 4.31. The number of rotatable bonds is 5. The van der Waals surface area contributed by atoms with Crippen molar-refractivity contribution >= 4 is 22.4 Å². The van der Waals surface area contributed by atoms with Crippen LogP contribution in [-0.2, 0) is 4.79 Å². The van der Waals surface area contributed by atoms with Crippen LogP contribution >= 0.6 is 0 Å². The van der Waals surface area contributed by atoms with Crippen molar-refractivity contribution in [2.24, 2.45) is 5.73 Å². The van der Waals surface area contributed by atoms with Crippen LogP contribution < -0.4 is 16.6 Å². The summed E-state index contributed by atoms with van der Waals surface area (Å²) in [6.07, 6.45) is 2.17. The van der Waals surface area contributed by atoms with Gasteiger partial charge in [-0.25, -0.2) is 0 Å². The molecule has 0 aliphatic heterocycles. The van der Waals surface area contributed by atoms with E-state index in [4.69, 9.17) is 5.73 Å². The number of nitrogens with one attached hydrogen (secondary N) is 2. The number of anilines is 1. The fourth-order valence-corrected chi connectivity index (χ4v) is 2.80. The van der Waals surface area contributed by atoms with E-state index in [9.17, 15) is 9.59 Å². The first-order chi connectivity index (χ1) is 11.7. The highest BCUT2D eigenvalue weighted by molar-refractivity contribution is 5.97. The van der Waals surface area contributed by atoms with Crippen LogP contribution in [0.25, 0.3) is 10.8 Å². The quantitative estimate of drug-likeness (QED) is 0.675. The number of nitrogens with two attached hydrogens (primary N) is 1. The van der Waals surface area contributed by atoms with Gasteiger partial charge in [0.05, 0.1) is 5.92 Å². The maximum atomic E-state index is 12.7. The molecule has 0 aliphatic carbocycles. The first-order valence-corrected chi connectivity index (χ1v) is 7.86. The van der Waals surface area contributed by atoms with Crippen molar-refractivity contribution in [1.29, 1.82) is 0 Å². The second-order valence-electron chi connectivity index (χ2n) is 5.64. The lowest BCUT2D eigenvalue weighted by atomic mass is 9.94. The largest absolute Gasteiger partial charge is 0.330 e. The van der Waals surface area contributed by atoms with E-state index < -0.39 is 0 Å². The van der Waals surface area contributed by atoms with Gasteiger partial charge in [0.2, 0.25) is 5.91 Å². The zero-order chi connectivity index (χ0) is 16.9.